The molecule has 0 saturated carbocycles. The number of non-ortho nitro benzene ring substituents is 1. The number of anilines is 2. The number of amides is 1. The number of rotatable bonds is 7. The maximum absolute atomic E-state index is 12.7. The van der Waals surface area contributed by atoms with Crippen molar-refractivity contribution in [1.29, 1.82) is 0 Å². The molecule has 10 nitrogen and oxygen atoms in total. The lowest BCUT2D eigenvalue weighted by Gasteiger charge is -2.26. The van der Waals surface area contributed by atoms with E-state index in [9.17, 15) is 23.3 Å². The fourth-order valence-corrected chi connectivity index (χ4v) is 4.87. The van der Waals surface area contributed by atoms with Crippen molar-refractivity contribution in [2.45, 2.75) is 24.2 Å². The van der Waals surface area contributed by atoms with E-state index < -0.39 is 14.9 Å². The molecule has 0 unspecified atom stereocenters. The summed E-state index contributed by atoms with van der Waals surface area (Å²) < 4.78 is 26.9. The number of piperidine rings is 1. The van der Waals surface area contributed by atoms with Crippen LogP contribution >= 0.6 is 12.2 Å². The number of hydrazine groups is 1. The minimum atomic E-state index is -3.53. The van der Waals surface area contributed by atoms with Crippen LogP contribution in [0.5, 0.6) is 0 Å². The Bertz CT molecular complexity index is 1070. The third kappa shape index (κ3) is 5.54. The third-order valence-electron chi connectivity index (χ3n) is 4.71. The normalized spacial score (nSPS) is 14.5. The molecule has 12 heteroatoms. The zero-order chi connectivity index (χ0) is 22.4. The molecule has 1 fully saturated rings. The Hall–Kier alpha value is -3.09. The molecular formula is C19H21N5O5S2. The van der Waals surface area contributed by atoms with E-state index in [1.54, 1.807) is 12.1 Å². The number of hydrogen-bond donors (Lipinski definition) is 2. The first-order chi connectivity index (χ1) is 14.8. The highest BCUT2D eigenvalue weighted by molar-refractivity contribution is 7.89. The maximum Gasteiger partial charge on any atom is 0.271 e. The molecule has 1 saturated heterocycles. The Labute approximate surface area is 185 Å². The Morgan fingerprint density at radius 2 is 1.81 bits per heavy atom. The fraction of sp³-hybridized carbons (Fsp3) is 0.263. The number of benzene rings is 2. The third-order valence-corrected chi connectivity index (χ3v) is 6.82. The Morgan fingerprint density at radius 3 is 2.42 bits per heavy atom. The number of carbonyl (C=O) groups is 1. The predicted octanol–water partition coefficient (Wildman–Crippen LogP) is 2.63. The van der Waals surface area contributed by atoms with Gasteiger partial charge in [-0.1, -0.05) is 12.5 Å². The van der Waals surface area contributed by atoms with E-state index in [1.807, 2.05) is 0 Å². The van der Waals surface area contributed by atoms with Crippen molar-refractivity contribution in [1.82, 2.24) is 9.73 Å². The second kappa shape index (κ2) is 9.81. The van der Waals surface area contributed by atoms with E-state index >= 15 is 0 Å². The summed E-state index contributed by atoms with van der Waals surface area (Å²) in [5.74, 6) is 0. The quantitative estimate of drug-likeness (QED) is 0.278. The van der Waals surface area contributed by atoms with Crippen molar-refractivity contribution in [3.05, 3.63) is 58.6 Å². The standard InChI is InChI=1S/C19H21N5O5S2/c25-14-23(16-5-4-6-17(13-16)24(26)27)21-19(30)20-15-7-9-18(10-8-15)31(28,29)22-11-2-1-3-12-22/h4-10,13-14H,1-3,11-12H2,(H2,20,21,30). The van der Waals surface area contributed by atoms with Crippen molar-refractivity contribution in [3.8, 4) is 0 Å². The van der Waals surface area contributed by atoms with Crippen LogP contribution in [0.2, 0.25) is 0 Å². The predicted molar refractivity (Wildman–Crippen MR) is 120 cm³/mol. The first-order valence-electron chi connectivity index (χ1n) is 9.48. The Balaban J connectivity index is 1.65. The number of nitro benzene ring substituents is 1. The lowest BCUT2D eigenvalue weighted by Crippen LogP contribution is -2.43. The summed E-state index contributed by atoms with van der Waals surface area (Å²) in [6, 6.07) is 11.6. The van der Waals surface area contributed by atoms with Gasteiger partial charge in [0.2, 0.25) is 16.4 Å². The van der Waals surface area contributed by atoms with Crippen molar-refractivity contribution in [2.75, 3.05) is 23.4 Å². The van der Waals surface area contributed by atoms with E-state index in [0.29, 0.717) is 25.2 Å². The number of carbonyl (C=O) groups excluding carboxylic acids is 1. The highest BCUT2D eigenvalue weighted by Gasteiger charge is 2.25. The highest BCUT2D eigenvalue weighted by Crippen LogP contribution is 2.22. The number of nitro groups is 1. The molecule has 1 aliphatic heterocycles. The minimum Gasteiger partial charge on any atom is -0.331 e. The smallest absolute Gasteiger partial charge is 0.271 e. The highest BCUT2D eigenvalue weighted by atomic mass is 32.2. The Kier molecular flexibility index (Phi) is 7.15. The summed E-state index contributed by atoms with van der Waals surface area (Å²) in [4.78, 5) is 22.0. The average molecular weight is 464 g/mol. The van der Waals surface area contributed by atoms with Crippen LogP contribution in [0.15, 0.2) is 53.4 Å². The fourth-order valence-electron chi connectivity index (χ4n) is 3.14. The molecule has 164 valence electrons. The molecule has 3 rings (SSSR count). The van der Waals surface area contributed by atoms with E-state index in [0.717, 1.165) is 24.3 Å². The van der Waals surface area contributed by atoms with Gasteiger partial charge in [0, 0.05) is 30.9 Å². The summed E-state index contributed by atoms with van der Waals surface area (Å²) in [6.07, 6.45) is 3.18. The van der Waals surface area contributed by atoms with Crippen LogP contribution in [0.1, 0.15) is 19.3 Å². The van der Waals surface area contributed by atoms with Crippen molar-refractivity contribution in [2.24, 2.45) is 0 Å². The zero-order valence-corrected chi connectivity index (χ0v) is 18.1. The lowest BCUT2D eigenvalue weighted by molar-refractivity contribution is -0.384. The molecule has 0 atom stereocenters. The molecule has 2 aromatic rings. The first-order valence-corrected chi connectivity index (χ1v) is 11.3. The lowest BCUT2D eigenvalue weighted by atomic mass is 10.2. The number of nitrogens with one attached hydrogen (secondary N) is 2. The monoisotopic (exact) mass is 463 g/mol. The number of sulfonamides is 1. The van der Waals surface area contributed by atoms with Gasteiger partial charge in [-0.15, -0.1) is 0 Å². The average Bonchev–Trinajstić information content (AvgIpc) is 2.78. The summed E-state index contributed by atoms with van der Waals surface area (Å²) >= 11 is 5.19. The van der Waals surface area contributed by atoms with Crippen molar-refractivity contribution < 1.29 is 18.1 Å². The van der Waals surface area contributed by atoms with Crippen molar-refractivity contribution in [3.63, 3.8) is 0 Å². The minimum absolute atomic E-state index is 0.0465. The number of hydrogen-bond acceptors (Lipinski definition) is 6. The van der Waals surface area contributed by atoms with E-state index in [4.69, 9.17) is 12.2 Å². The molecule has 1 amide bonds. The Morgan fingerprint density at radius 1 is 1.13 bits per heavy atom. The molecular weight excluding hydrogens is 442 g/mol. The SMILES string of the molecule is O=CN(NC(=S)Nc1ccc(S(=O)(=O)N2CCCCC2)cc1)c1cccc([N+](=O)[O-])c1. The van der Waals surface area contributed by atoms with Crippen molar-refractivity contribution >= 4 is 50.8 Å². The molecule has 0 bridgehead atoms. The summed E-state index contributed by atoms with van der Waals surface area (Å²) in [6.45, 7) is 1.05. The second-order valence-corrected chi connectivity index (χ2v) is 9.15. The van der Waals surface area contributed by atoms with Gasteiger partial charge in [-0.3, -0.25) is 20.3 Å². The van der Waals surface area contributed by atoms with Gasteiger partial charge in [0.05, 0.1) is 15.5 Å². The van der Waals surface area contributed by atoms with Gasteiger partial charge in [0.25, 0.3) is 5.69 Å². The molecule has 1 aliphatic rings. The van der Waals surface area contributed by atoms with Gasteiger partial charge in [-0.25, -0.2) is 13.4 Å². The van der Waals surface area contributed by atoms with Gasteiger partial charge in [-0.05, 0) is 55.4 Å². The molecule has 2 aromatic carbocycles. The van der Waals surface area contributed by atoms with Crippen LogP contribution in [-0.2, 0) is 14.8 Å². The van der Waals surface area contributed by atoms with E-state index in [1.165, 1.54) is 40.7 Å². The molecule has 0 spiro atoms. The summed E-state index contributed by atoms with van der Waals surface area (Å²) in [5.41, 5.74) is 3.21. The van der Waals surface area contributed by atoms with Gasteiger partial charge >= 0.3 is 0 Å². The van der Waals surface area contributed by atoms with Crippen LogP contribution < -0.4 is 15.8 Å². The first kappa shape index (κ1) is 22.6. The van der Waals surface area contributed by atoms with E-state index in [2.05, 4.69) is 10.7 Å². The molecule has 0 aromatic heterocycles. The van der Waals surface area contributed by atoms with Crippen LogP contribution in [0.3, 0.4) is 0 Å². The molecule has 1 heterocycles. The van der Waals surface area contributed by atoms with Gasteiger partial charge < -0.3 is 5.32 Å². The molecule has 0 radical (unpaired) electrons. The second-order valence-electron chi connectivity index (χ2n) is 6.81. The summed E-state index contributed by atoms with van der Waals surface area (Å²) in [7, 11) is -3.53. The topological polar surface area (TPSA) is 125 Å². The van der Waals surface area contributed by atoms with Crippen LogP contribution in [0.25, 0.3) is 0 Å². The maximum atomic E-state index is 12.7. The molecule has 2 N–H and O–H groups in total. The van der Waals surface area contributed by atoms with Crippen LogP contribution in [-0.4, -0.2) is 42.3 Å². The van der Waals surface area contributed by atoms with Crippen LogP contribution in [0.4, 0.5) is 17.1 Å². The van der Waals surface area contributed by atoms with Crippen LogP contribution in [0, 0.1) is 10.1 Å². The van der Waals surface area contributed by atoms with Gasteiger partial charge in [0.15, 0.2) is 5.11 Å². The molecule has 31 heavy (non-hydrogen) atoms. The van der Waals surface area contributed by atoms with E-state index in [-0.39, 0.29) is 21.4 Å². The summed E-state index contributed by atoms with van der Waals surface area (Å²) in [5, 5.41) is 14.8. The van der Waals surface area contributed by atoms with Gasteiger partial charge in [-0.2, -0.15) is 4.31 Å². The number of thiocarbonyl (C=S) groups is 1. The number of nitrogens with zero attached hydrogens (tertiary/aromatic N) is 3. The molecule has 0 aliphatic carbocycles. The van der Waals surface area contributed by atoms with Gasteiger partial charge in [0.1, 0.15) is 0 Å². The largest absolute Gasteiger partial charge is 0.331 e. The zero-order valence-electron chi connectivity index (χ0n) is 16.4.